The Bertz CT molecular complexity index is 657. The Kier molecular flexibility index (Phi) is 2.11. The van der Waals surface area contributed by atoms with E-state index in [1.807, 2.05) is 18.2 Å². The first kappa shape index (κ1) is 9.59. The molecule has 0 N–H and O–H groups in total. The summed E-state index contributed by atoms with van der Waals surface area (Å²) in [7, 11) is 0. The van der Waals surface area contributed by atoms with Crippen molar-refractivity contribution in [3.05, 3.63) is 48.8 Å². The Balaban J connectivity index is 1.93. The fraction of sp³-hybridized carbons (Fsp3) is 0. The van der Waals surface area contributed by atoms with Gasteiger partial charge in [0.1, 0.15) is 11.8 Å². The quantitative estimate of drug-likeness (QED) is 0.662. The Labute approximate surface area is 95.4 Å². The lowest BCUT2D eigenvalue weighted by molar-refractivity contribution is 0.0413. The zero-order valence-corrected chi connectivity index (χ0v) is 8.61. The van der Waals surface area contributed by atoms with E-state index >= 15 is 0 Å². The molecule has 0 radical (unpaired) electrons. The van der Waals surface area contributed by atoms with E-state index in [0.29, 0.717) is 5.52 Å². The number of hydrogen-bond donors (Lipinski definition) is 0. The van der Waals surface area contributed by atoms with E-state index in [-0.39, 0.29) is 5.69 Å². The van der Waals surface area contributed by atoms with Gasteiger partial charge in [-0.2, -0.15) is 0 Å². The third-order valence-electron chi connectivity index (χ3n) is 2.26. The van der Waals surface area contributed by atoms with Crippen LogP contribution >= 0.6 is 0 Å². The summed E-state index contributed by atoms with van der Waals surface area (Å²) in [5.74, 6) is -0.618. The first-order valence-electron chi connectivity index (χ1n) is 4.88. The topological polar surface area (TPSA) is 70.2 Å². The average molecular weight is 229 g/mol. The van der Waals surface area contributed by atoms with Gasteiger partial charge in [0.25, 0.3) is 0 Å². The van der Waals surface area contributed by atoms with Crippen molar-refractivity contribution in [1.29, 1.82) is 0 Å². The van der Waals surface area contributed by atoms with Gasteiger partial charge in [0, 0.05) is 5.39 Å². The first-order valence-corrected chi connectivity index (χ1v) is 4.88. The predicted octanol–water partition coefficient (Wildman–Crippen LogP) is 1.29. The molecule has 2 heterocycles. The molecule has 6 heteroatoms. The van der Waals surface area contributed by atoms with Crippen molar-refractivity contribution in [3.63, 3.8) is 0 Å². The van der Waals surface area contributed by atoms with E-state index < -0.39 is 5.97 Å². The van der Waals surface area contributed by atoms with Crippen LogP contribution in [0, 0.1) is 0 Å². The maximum absolute atomic E-state index is 11.6. The molecule has 0 aliphatic rings. The fourth-order valence-corrected chi connectivity index (χ4v) is 1.46. The van der Waals surface area contributed by atoms with Crippen molar-refractivity contribution in [3.8, 4) is 0 Å². The van der Waals surface area contributed by atoms with Crippen molar-refractivity contribution < 1.29 is 14.0 Å². The zero-order chi connectivity index (χ0) is 11.7. The molecule has 17 heavy (non-hydrogen) atoms. The minimum Gasteiger partial charge on any atom is -0.451 e. The van der Waals surface area contributed by atoms with Gasteiger partial charge in [0.15, 0.2) is 12.1 Å². The van der Waals surface area contributed by atoms with Crippen LogP contribution in [0.5, 0.6) is 0 Å². The number of benzene rings is 1. The molecule has 0 aliphatic carbocycles. The van der Waals surface area contributed by atoms with Crippen molar-refractivity contribution in [2.24, 2.45) is 0 Å². The van der Waals surface area contributed by atoms with Crippen LogP contribution in [0.3, 0.4) is 0 Å². The normalized spacial score (nSPS) is 10.6. The maximum atomic E-state index is 11.6. The van der Waals surface area contributed by atoms with Crippen LogP contribution < -0.4 is 4.84 Å². The minimum atomic E-state index is -0.618. The molecule has 0 amide bonds. The van der Waals surface area contributed by atoms with E-state index in [0.717, 1.165) is 16.6 Å². The van der Waals surface area contributed by atoms with Crippen LogP contribution in [0.25, 0.3) is 10.9 Å². The highest BCUT2D eigenvalue weighted by Gasteiger charge is 2.13. The summed E-state index contributed by atoms with van der Waals surface area (Å²) in [5.41, 5.74) is 0.814. The number of hydrogen-bond acceptors (Lipinski definition) is 5. The van der Waals surface area contributed by atoms with Crippen LogP contribution in [0.15, 0.2) is 47.5 Å². The van der Waals surface area contributed by atoms with Gasteiger partial charge < -0.3 is 9.25 Å². The Hall–Kier alpha value is -2.63. The number of rotatable bonds is 2. The molecule has 0 spiro atoms. The Morgan fingerprint density at radius 3 is 3.06 bits per heavy atom. The highest BCUT2D eigenvalue weighted by molar-refractivity contribution is 5.87. The summed E-state index contributed by atoms with van der Waals surface area (Å²) < 4.78 is 4.70. The second-order valence-electron chi connectivity index (χ2n) is 3.33. The largest absolute Gasteiger partial charge is 0.451 e. The summed E-state index contributed by atoms with van der Waals surface area (Å²) in [6.07, 6.45) is 4.00. The van der Waals surface area contributed by atoms with Gasteiger partial charge in [-0.1, -0.05) is 23.0 Å². The number of oxazole rings is 1. The molecule has 0 aliphatic heterocycles. The second kappa shape index (κ2) is 3.75. The second-order valence-corrected chi connectivity index (χ2v) is 3.33. The van der Waals surface area contributed by atoms with Crippen molar-refractivity contribution in [2.45, 2.75) is 0 Å². The zero-order valence-electron chi connectivity index (χ0n) is 8.61. The van der Waals surface area contributed by atoms with Crippen LogP contribution in [-0.4, -0.2) is 20.9 Å². The molecule has 3 rings (SSSR count). The Morgan fingerprint density at radius 2 is 2.24 bits per heavy atom. The lowest BCUT2D eigenvalue weighted by Crippen LogP contribution is -2.20. The number of nitrogens with zero attached hydrogens (tertiary/aromatic N) is 3. The molecule has 0 saturated heterocycles. The molecular weight excluding hydrogens is 222 g/mol. The van der Waals surface area contributed by atoms with E-state index in [1.54, 1.807) is 12.3 Å². The average Bonchev–Trinajstić information content (AvgIpc) is 2.98. The molecule has 0 saturated carbocycles. The summed E-state index contributed by atoms with van der Waals surface area (Å²) >= 11 is 0. The van der Waals surface area contributed by atoms with E-state index in [1.165, 1.54) is 6.26 Å². The number of carbonyl (C=O) groups excluding carboxylic acids is 1. The molecule has 6 nitrogen and oxygen atoms in total. The van der Waals surface area contributed by atoms with Gasteiger partial charge in [-0.3, -0.25) is 0 Å². The molecule has 0 bridgehead atoms. The highest BCUT2D eigenvalue weighted by Crippen LogP contribution is 2.11. The van der Waals surface area contributed by atoms with Crippen molar-refractivity contribution >= 4 is 16.9 Å². The molecule has 0 fully saturated rings. The molecule has 0 atom stereocenters. The molecule has 2 aromatic heterocycles. The summed E-state index contributed by atoms with van der Waals surface area (Å²) in [6, 6.07) is 7.40. The maximum Gasteiger partial charge on any atom is 0.387 e. The fourth-order valence-electron chi connectivity index (χ4n) is 1.46. The number of carbonyl (C=O) groups is 1. The summed E-state index contributed by atoms with van der Waals surface area (Å²) in [6.45, 7) is 0. The summed E-state index contributed by atoms with van der Waals surface area (Å²) in [5, 5.41) is 4.85. The van der Waals surface area contributed by atoms with Crippen molar-refractivity contribution in [1.82, 2.24) is 14.9 Å². The SMILES string of the molecule is O=C(On1ncc2ccccc21)c1cocn1. The third-order valence-corrected chi connectivity index (χ3v) is 2.26. The standard InChI is InChI=1S/C11H7N3O3/c15-11(9-6-16-7-12-9)17-14-10-4-2-1-3-8(10)5-13-14/h1-7H. The Morgan fingerprint density at radius 1 is 1.35 bits per heavy atom. The van der Waals surface area contributed by atoms with Gasteiger partial charge in [0.05, 0.1) is 6.20 Å². The summed E-state index contributed by atoms with van der Waals surface area (Å²) in [4.78, 5) is 21.5. The molecule has 1 aromatic carbocycles. The smallest absolute Gasteiger partial charge is 0.387 e. The lowest BCUT2D eigenvalue weighted by atomic mass is 10.3. The molecule has 0 unspecified atom stereocenters. The van der Waals surface area contributed by atoms with E-state index in [2.05, 4.69) is 10.1 Å². The van der Waals surface area contributed by atoms with Crippen LogP contribution in [0.1, 0.15) is 10.5 Å². The van der Waals surface area contributed by atoms with E-state index in [9.17, 15) is 4.79 Å². The van der Waals surface area contributed by atoms with E-state index in [4.69, 9.17) is 9.25 Å². The number of para-hydroxylation sites is 1. The van der Waals surface area contributed by atoms with Gasteiger partial charge in [0.2, 0.25) is 0 Å². The third kappa shape index (κ3) is 1.65. The van der Waals surface area contributed by atoms with Crippen molar-refractivity contribution in [2.75, 3.05) is 0 Å². The van der Waals surface area contributed by atoms with Crippen LogP contribution in [0.4, 0.5) is 0 Å². The van der Waals surface area contributed by atoms with Crippen LogP contribution in [0.2, 0.25) is 0 Å². The minimum absolute atomic E-state index is 0.101. The van der Waals surface area contributed by atoms with Gasteiger partial charge in [-0.25, -0.2) is 9.78 Å². The number of aromatic nitrogens is 3. The van der Waals surface area contributed by atoms with Crippen LogP contribution in [-0.2, 0) is 0 Å². The molecule has 84 valence electrons. The lowest BCUT2D eigenvalue weighted by Gasteiger charge is -2.01. The van der Waals surface area contributed by atoms with Gasteiger partial charge in [-0.05, 0) is 6.07 Å². The molecule has 3 aromatic rings. The first-order chi connectivity index (χ1) is 8.34. The van der Waals surface area contributed by atoms with Gasteiger partial charge >= 0.3 is 5.97 Å². The highest BCUT2D eigenvalue weighted by atomic mass is 16.7. The molecular formula is C11H7N3O3. The predicted molar refractivity (Wildman–Crippen MR) is 57.1 cm³/mol. The number of fused-ring (bicyclic) bond motifs is 1. The van der Waals surface area contributed by atoms with Gasteiger partial charge in [-0.15, -0.1) is 5.10 Å². The monoisotopic (exact) mass is 229 g/mol.